The van der Waals surface area contributed by atoms with Crippen molar-refractivity contribution in [1.29, 1.82) is 0 Å². The number of rotatable bonds is 7. The summed E-state index contributed by atoms with van der Waals surface area (Å²) in [4.78, 5) is 27.5. The number of benzene rings is 2. The molecule has 160 valence electrons. The number of amides is 2. The molecule has 1 aliphatic carbocycles. The lowest BCUT2D eigenvalue weighted by atomic mass is 10.1. The predicted molar refractivity (Wildman–Crippen MR) is 117 cm³/mol. The molecule has 1 N–H and O–H groups in total. The molecular formula is C23H25Cl2FN2O2. The largest absolute Gasteiger partial charge is 0.352 e. The monoisotopic (exact) mass is 450 g/mol. The van der Waals surface area contributed by atoms with Crippen molar-refractivity contribution in [3.8, 4) is 0 Å². The number of nitrogens with one attached hydrogen (secondary N) is 1. The average molecular weight is 451 g/mol. The zero-order valence-corrected chi connectivity index (χ0v) is 18.3. The summed E-state index contributed by atoms with van der Waals surface area (Å²) < 4.78 is 13.2. The fourth-order valence-electron chi connectivity index (χ4n) is 3.69. The van der Waals surface area contributed by atoms with E-state index in [2.05, 4.69) is 5.32 Å². The molecule has 0 spiro atoms. The normalized spacial score (nSPS) is 15.1. The van der Waals surface area contributed by atoms with Crippen LogP contribution in [0.3, 0.4) is 0 Å². The van der Waals surface area contributed by atoms with Gasteiger partial charge in [-0.2, -0.15) is 0 Å². The van der Waals surface area contributed by atoms with E-state index < -0.39 is 6.04 Å². The Morgan fingerprint density at radius 3 is 2.33 bits per heavy atom. The molecule has 0 aromatic heterocycles. The SMILES string of the molecule is CC(C(=O)NC1CCCC1)N(Cc1ccc(Cl)c(Cl)c1)C(=O)Cc1ccc(F)cc1. The summed E-state index contributed by atoms with van der Waals surface area (Å²) in [5, 5.41) is 3.88. The molecule has 30 heavy (non-hydrogen) atoms. The Morgan fingerprint density at radius 1 is 1.07 bits per heavy atom. The summed E-state index contributed by atoms with van der Waals surface area (Å²) >= 11 is 12.1. The number of hydrogen-bond donors (Lipinski definition) is 1. The standard InChI is InChI=1S/C23H25Cl2FN2O2/c1-15(23(30)27-19-4-2-3-5-19)28(14-17-8-11-20(24)21(25)12-17)22(29)13-16-6-9-18(26)10-7-16/h6-12,15,19H,2-5,13-14H2,1H3,(H,27,30). The van der Waals surface area contributed by atoms with Crippen LogP contribution in [0.1, 0.15) is 43.7 Å². The van der Waals surface area contributed by atoms with Crippen LogP contribution in [0.5, 0.6) is 0 Å². The smallest absolute Gasteiger partial charge is 0.242 e. The number of halogens is 3. The Hall–Kier alpha value is -2.11. The van der Waals surface area contributed by atoms with E-state index in [-0.39, 0.29) is 36.6 Å². The second-order valence-corrected chi connectivity index (χ2v) is 8.55. The molecule has 2 amide bonds. The fraction of sp³-hybridized carbons (Fsp3) is 0.391. The van der Waals surface area contributed by atoms with Gasteiger partial charge in [0.05, 0.1) is 16.5 Å². The van der Waals surface area contributed by atoms with Gasteiger partial charge in [0.1, 0.15) is 11.9 Å². The molecule has 1 unspecified atom stereocenters. The van der Waals surface area contributed by atoms with Crippen LogP contribution in [-0.4, -0.2) is 28.8 Å². The number of hydrogen-bond acceptors (Lipinski definition) is 2. The molecule has 0 heterocycles. The topological polar surface area (TPSA) is 49.4 Å². The van der Waals surface area contributed by atoms with Crippen molar-refractivity contribution in [2.45, 2.75) is 57.7 Å². The molecule has 2 aromatic rings. The lowest BCUT2D eigenvalue weighted by Gasteiger charge is -2.30. The minimum absolute atomic E-state index is 0.0721. The van der Waals surface area contributed by atoms with Gasteiger partial charge < -0.3 is 10.2 Å². The molecule has 0 bridgehead atoms. The van der Waals surface area contributed by atoms with Gasteiger partial charge in [-0.1, -0.05) is 54.2 Å². The van der Waals surface area contributed by atoms with Crippen LogP contribution in [0.4, 0.5) is 4.39 Å². The van der Waals surface area contributed by atoms with Gasteiger partial charge in [-0.25, -0.2) is 4.39 Å². The summed E-state index contributed by atoms with van der Waals surface area (Å²) in [5.41, 5.74) is 1.46. The molecule has 7 heteroatoms. The molecular weight excluding hydrogens is 426 g/mol. The molecule has 2 aromatic carbocycles. The zero-order chi connectivity index (χ0) is 21.7. The van der Waals surface area contributed by atoms with Crippen molar-refractivity contribution in [1.82, 2.24) is 10.2 Å². The Bertz CT molecular complexity index is 899. The summed E-state index contributed by atoms with van der Waals surface area (Å²) in [6.45, 7) is 1.94. The highest BCUT2D eigenvalue weighted by Gasteiger charge is 2.28. The quantitative estimate of drug-likeness (QED) is 0.633. The van der Waals surface area contributed by atoms with Gasteiger partial charge in [-0.05, 0) is 55.2 Å². The van der Waals surface area contributed by atoms with Crippen LogP contribution in [-0.2, 0) is 22.6 Å². The van der Waals surface area contributed by atoms with Crippen molar-refractivity contribution in [2.24, 2.45) is 0 Å². The Kier molecular flexibility index (Phi) is 7.73. The van der Waals surface area contributed by atoms with Crippen LogP contribution in [0.2, 0.25) is 10.0 Å². The van der Waals surface area contributed by atoms with Crippen LogP contribution in [0.15, 0.2) is 42.5 Å². The Balaban J connectivity index is 1.78. The molecule has 0 saturated heterocycles. The fourth-order valence-corrected chi connectivity index (χ4v) is 4.01. The van der Waals surface area contributed by atoms with Crippen LogP contribution in [0, 0.1) is 5.82 Å². The van der Waals surface area contributed by atoms with Gasteiger partial charge in [-0.15, -0.1) is 0 Å². The maximum Gasteiger partial charge on any atom is 0.242 e. The first kappa shape index (κ1) is 22.6. The first-order valence-corrected chi connectivity index (χ1v) is 10.9. The van der Waals surface area contributed by atoms with Crippen LogP contribution in [0.25, 0.3) is 0 Å². The molecule has 3 rings (SSSR count). The van der Waals surface area contributed by atoms with Crippen LogP contribution >= 0.6 is 23.2 Å². The van der Waals surface area contributed by atoms with E-state index in [1.54, 1.807) is 37.3 Å². The molecule has 1 aliphatic rings. The van der Waals surface area contributed by atoms with Crippen molar-refractivity contribution in [2.75, 3.05) is 0 Å². The zero-order valence-electron chi connectivity index (χ0n) is 16.8. The van der Waals surface area contributed by atoms with Gasteiger partial charge in [0.2, 0.25) is 11.8 Å². The summed E-state index contributed by atoms with van der Waals surface area (Å²) in [7, 11) is 0. The number of carbonyl (C=O) groups excluding carboxylic acids is 2. The third-order valence-corrected chi connectivity index (χ3v) is 6.21. The first-order chi connectivity index (χ1) is 14.3. The molecule has 0 aliphatic heterocycles. The van der Waals surface area contributed by atoms with Gasteiger partial charge in [0.15, 0.2) is 0 Å². The predicted octanol–water partition coefficient (Wildman–Crippen LogP) is 5.15. The summed E-state index contributed by atoms with van der Waals surface area (Å²) in [6, 6.07) is 10.5. The maximum atomic E-state index is 13.2. The summed E-state index contributed by atoms with van der Waals surface area (Å²) in [5.74, 6) is -0.751. The van der Waals surface area contributed by atoms with E-state index in [1.807, 2.05) is 0 Å². The lowest BCUT2D eigenvalue weighted by Crippen LogP contribution is -2.50. The molecule has 1 atom stereocenters. The maximum absolute atomic E-state index is 13.2. The van der Waals surface area contributed by atoms with Gasteiger partial charge in [0, 0.05) is 12.6 Å². The van der Waals surface area contributed by atoms with Gasteiger partial charge >= 0.3 is 0 Å². The minimum atomic E-state index is -0.659. The van der Waals surface area contributed by atoms with E-state index in [9.17, 15) is 14.0 Å². The van der Waals surface area contributed by atoms with Crippen molar-refractivity contribution in [3.05, 3.63) is 69.5 Å². The average Bonchev–Trinajstić information content (AvgIpc) is 3.23. The molecule has 1 saturated carbocycles. The highest BCUT2D eigenvalue weighted by Crippen LogP contribution is 2.24. The molecule has 0 radical (unpaired) electrons. The number of nitrogens with zero attached hydrogens (tertiary/aromatic N) is 1. The van der Waals surface area contributed by atoms with Gasteiger partial charge in [-0.3, -0.25) is 9.59 Å². The third-order valence-electron chi connectivity index (χ3n) is 5.47. The van der Waals surface area contributed by atoms with E-state index in [0.717, 1.165) is 31.2 Å². The van der Waals surface area contributed by atoms with E-state index in [4.69, 9.17) is 23.2 Å². The van der Waals surface area contributed by atoms with Crippen molar-refractivity contribution >= 4 is 35.0 Å². The second-order valence-electron chi connectivity index (χ2n) is 7.74. The molecule has 4 nitrogen and oxygen atoms in total. The van der Waals surface area contributed by atoms with Crippen molar-refractivity contribution < 1.29 is 14.0 Å². The third kappa shape index (κ3) is 5.96. The summed E-state index contributed by atoms with van der Waals surface area (Å²) in [6.07, 6.45) is 4.22. The highest BCUT2D eigenvalue weighted by molar-refractivity contribution is 6.42. The van der Waals surface area contributed by atoms with E-state index in [0.29, 0.717) is 15.6 Å². The first-order valence-electron chi connectivity index (χ1n) is 10.1. The van der Waals surface area contributed by atoms with E-state index >= 15 is 0 Å². The number of carbonyl (C=O) groups is 2. The van der Waals surface area contributed by atoms with E-state index in [1.165, 1.54) is 17.0 Å². The van der Waals surface area contributed by atoms with Gasteiger partial charge in [0.25, 0.3) is 0 Å². The van der Waals surface area contributed by atoms with Crippen molar-refractivity contribution in [3.63, 3.8) is 0 Å². The lowest BCUT2D eigenvalue weighted by molar-refractivity contribution is -0.140. The second kappa shape index (κ2) is 10.3. The highest BCUT2D eigenvalue weighted by atomic mass is 35.5. The molecule has 1 fully saturated rings. The Labute approximate surface area is 186 Å². The minimum Gasteiger partial charge on any atom is -0.352 e. The van der Waals surface area contributed by atoms with Crippen LogP contribution < -0.4 is 5.32 Å². The Morgan fingerprint density at radius 2 is 1.70 bits per heavy atom.